The van der Waals surface area contributed by atoms with Gasteiger partial charge in [0, 0.05) is 6.54 Å². The van der Waals surface area contributed by atoms with Crippen molar-refractivity contribution in [3.63, 3.8) is 0 Å². The van der Waals surface area contributed by atoms with Crippen LogP contribution >= 0.6 is 0 Å². The summed E-state index contributed by atoms with van der Waals surface area (Å²) in [4.78, 5) is 22.1. The van der Waals surface area contributed by atoms with E-state index in [9.17, 15) is 9.59 Å². The molecule has 0 saturated heterocycles. The number of carbonyl (C=O) groups excluding carboxylic acids is 2. The van der Waals surface area contributed by atoms with E-state index in [-0.39, 0.29) is 17.2 Å². The summed E-state index contributed by atoms with van der Waals surface area (Å²) in [7, 11) is 0. The zero-order valence-electron chi connectivity index (χ0n) is 8.32. The number of nitrogens with one attached hydrogen (secondary N) is 1. The Balaban J connectivity index is 2.95. The number of rotatable bonds is 3. The van der Waals surface area contributed by atoms with Crippen LogP contribution in [0.5, 0.6) is 5.75 Å². The van der Waals surface area contributed by atoms with E-state index in [0.29, 0.717) is 6.54 Å². The highest BCUT2D eigenvalue weighted by atomic mass is 16.5. The number of para-hydroxylation sites is 1. The third-order valence-electron chi connectivity index (χ3n) is 1.68. The molecule has 1 rings (SSSR count). The molecule has 0 spiro atoms. The number of hydrogen-bond acceptors (Lipinski definition) is 3. The Morgan fingerprint density at radius 1 is 1.40 bits per heavy atom. The van der Waals surface area contributed by atoms with E-state index in [1.54, 1.807) is 25.1 Å². The van der Waals surface area contributed by atoms with Crippen molar-refractivity contribution < 1.29 is 14.3 Å². The number of ether oxygens (including phenoxy) is 1. The summed E-state index contributed by atoms with van der Waals surface area (Å²) in [6, 6.07) is 6.40. The fraction of sp³-hybridized carbons (Fsp3) is 0.200. The van der Waals surface area contributed by atoms with E-state index < -0.39 is 6.09 Å². The molecule has 0 unspecified atom stereocenters. The second kappa shape index (κ2) is 4.99. The SMILES string of the molecule is CCNC(=O)c1ccccc1OC(N)=O. The topological polar surface area (TPSA) is 81.4 Å². The van der Waals surface area contributed by atoms with E-state index in [1.165, 1.54) is 6.07 Å². The maximum absolute atomic E-state index is 11.5. The molecule has 0 bridgehead atoms. The van der Waals surface area contributed by atoms with Gasteiger partial charge in [0.1, 0.15) is 5.75 Å². The van der Waals surface area contributed by atoms with Crippen molar-refractivity contribution in [3.8, 4) is 5.75 Å². The molecule has 80 valence electrons. The van der Waals surface area contributed by atoms with Crippen LogP contribution in [0.1, 0.15) is 17.3 Å². The number of amides is 2. The quantitative estimate of drug-likeness (QED) is 0.774. The molecule has 0 aliphatic rings. The summed E-state index contributed by atoms with van der Waals surface area (Å²) in [5.74, 6) is -0.134. The minimum absolute atomic E-state index is 0.163. The van der Waals surface area contributed by atoms with Crippen molar-refractivity contribution >= 4 is 12.0 Å². The summed E-state index contributed by atoms with van der Waals surface area (Å²) in [6.45, 7) is 2.30. The van der Waals surface area contributed by atoms with Gasteiger partial charge in [0.05, 0.1) is 5.56 Å². The van der Waals surface area contributed by atoms with Gasteiger partial charge < -0.3 is 15.8 Å². The summed E-state index contributed by atoms with van der Waals surface area (Å²) in [5, 5.41) is 2.60. The van der Waals surface area contributed by atoms with Crippen LogP contribution in [0.15, 0.2) is 24.3 Å². The van der Waals surface area contributed by atoms with Gasteiger partial charge in [-0.3, -0.25) is 4.79 Å². The van der Waals surface area contributed by atoms with Gasteiger partial charge in [-0.2, -0.15) is 0 Å². The van der Waals surface area contributed by atoms with Gasteiger partial charge in [-0.05, 0) is 19.1 Å². The second-order valence-electron chi connectivity index (χ2n) is 2.78. The maximum atomic E-state index is 11.5. The van der Waals surface area contributed by atoms with E-state index >= 15 is 0 Å². The Kier molecular flexibility index (Phi) is 3.68. The van der Waals surface area contributed by atoms with Gasteiger partial charge in [0.15, 0.2) is 0 Å². The Morgan fingerprint density at radius 2 is 2.07 bits per heavy atom. The third-order valence-corrected chi connectivity index (χ3v) is 1.68. The standard InChI is InChI=1S/C10H12N2O3/c1-2-12-9(13)7-5-3-4-6-8(7)15-10(11)14/h3-6H,2H2,1H3,(H2,11,14)(H,12,13). The number of hydrogen-bond donors (Lipinski definition) is 2. The number of nitrogens with two attached hydrogens (primary N) is 1. The molecule has 1 aromatic carbocycles. The van der Waals surface area contributed by atoms with Crippen LogP contribution in [0.25, 0.3) is 0 Å². The van der Waals surface area contributed by atoms with Crippen molar-refractivity contribution in [2.45, 2.75) is 6.92 Å². The average Bonchev–Trinajstić information content (AvgIpc) is 2.18. The zero-order valence-corrected chi connectivity index (χ0v) is 8.32. The van der Waals surface area contributed by atoms with Gasteiger partial charge in [-0.1, -0.05) is 12.1 Å². The summed E-state index contributed by atoms with van der Waals surface area (Å²) in [6.07, 6.45) is -0.938. The second-order valence-corrected chi connectivity index (χ2v) is 2.78. The van der Waals surface area contributed by atoms with E-state index in [4.69, 9.17) is 10.5 Å². The highest BCUT2D eigenvalue weighted by Crippen LogP contribution is 2.17. The Morgan fingerprint density at radius 3 is 2.67 bits per heavy atom. The van der Waals surface area contributed by atoms with Crippen LogP contribution in [-0.2, 0) is 0 Å². The average molecular weight is 208 g/mol. The number of primary amides is 1. The fourth-order valence-corrected chi connectivity index (χ4v) is 1.11. The molecule has 0 aliphatic heterocycles. The molecule has 0 radical (unpaired) electrons. The Labute approximate surface area is 87.2 Å². The van der Waals surface area contributed by atoms with E-state index in [0.717, 1.165) is 0 Å². The molecule has 5 heteroatoms. The lowest BCUT2D eigenvalue weighted by atomic mass is 10.2. The minimum Gasteiger partial charge on any atom is -0.410 e. The molecule has 5 nitrogen and oxygen atoms in total. The van der Waals surface area contributed by atoms with Gasteiger partial charge in [-0.25, -0.2) is 4.79 Å². The first-order chi connectivity index (χ1) is 7.15. The molecule has 0 fully saturated rings. The first-order valence-corrected chi connectivity index (χ1v) is 4.49. The number of carbonyl (C=O) groups is 2. The van der Waals surface area contributed by atoms with Crippen LogP contribution in [0.4, 0.5) is 4.79 Å². The fourth-order valence-electron chi connectivity index (χ4n) is 1.11. The molecule has 2 amide bonds. The molecule has 0 heterocycles. The molecule has 1 aromatic rings. The molecule has 3 N–H and O–H groups in total. The van der Waals surface area contributed by atoms with E-state index in [2.05, 4.69) is 5.32 Å². The lowest BCUT2D eigenvalue weighted by molar-refractivity contribution is 0.0953. The molecular formula is C10H12N2O3. The van der Waals surface area contributed by atoms with Crippen molar-refractivity contribution in [2.75, 3.05) is 6.54 Å². The summed E-state index contributed by atoms with van der Waals surface area (Å²) in [5.41, 5.74) is 5.16. The first-order valence-electron chi connectivity index (χ1n) is 4.49. The molecule has 0 saturated carbocycles. The lowest BCUT2D eigenvalue weighted by Crippen LogP contribution is -2.25. The Bertz CT molecular complexity index is 377. The van der Waals surface area contributed by atoms with Crippen LogP contribution in [0, 0.1) is 0 Å². The largest absolute Gasteiger partial charge is 0.410 e. The van der Waals surface area contributed by atoms with Crippen molar-refractivity contribution in [1.29, 1.82) is 0 Å². The molecule has 0 aromatic heterocycles. The van der Waals surface area contributed by atoms with E-state index in [1.807, 2.05) is 0 Å². The normalized spacial score (nSPS) is 9.40. The predicted molar refractivity (Wildman–Crippen MR) is 54.7 cm³/mol. The number of benzene rings is 1. The monoisotopic (exact) mass is 208 g/mol. The molecular weight excluding hydrogens is 196 g/mol. The van der Waals surface area contributed by atoms with Gasteiger partial charge in [-0.15, -0.1) is 0 Å². The molecule has 15 heavy (non-hydrogen) atoms. The molecule has 0 atom stereocenters. The highest BCUT2D eigenvalue weighted by molar-refractivity contribution is 5.97. The minimum atomic E-state index is -0.938. The third kappa shape index (κ3) is 2.98. The zero-order chi connectivity index (χ0) is 11.3. The van der Waals surface area contributed by atoms with Crippen molar-refractivity contribution in [2.24, 2.45) is 5.73 Å². The smallest absolute Gasteiger partial charge is 0.409 e. The van der Waals surface area contributed by atoms with Crippen molar-refractivity contribution in [1.82, 2.24) is 5.32 Å². The van der Waals surface area contributed by atoms with Gasteiger partial charge in [0.25, 0.3) is 5.91 Å². The maximum Gasteiger partial charge on any atom is 0.409 e. The van der Waals surface area contributed by atoms with Gasteiger partial charge >= 0.3 is 6.09 Å². The highest BCUT2D eigenvalue weighted by Gasteiger charge is 2.12. The van der Waals surface area contributed by atoms with Crippen molar-refractivity contribution in [3.05, 3.63) is 29.8 Å². The van der Waals surface area contributed by atoms with Crippen LogP contribution in [0.3, 0.4) is 0 Å². The van der Waals surface area contributed by atoms with Crippen LogP contribution < -0.4 is 15.8 Å². The summed E-state index contributed by atoms with van der Waals surface area (Å²) < 4.78 is 4.69. The lowest BCUT2D eigenvalue weighted by Gasteiger charge is -2.07. The summed E-state index contributed by atoms with van der Waals surface area (Å²) >= 11 is 0. The van der Waals surface area contributed by atoms with Crippen LogP contribution in [0.2, 0.25) is 0 Å². The first kappa shape index (κ1) is 11.0. The van der Waals surface area contributed by atoms with Gasteiger partial charge in [0.2, 0.25) is 0 Å². The predicted octanol–water partition coefficient (Wildman–Crippen LogP) is 0.894. The van der Waals surface area contributed by atoms with Crippen LogP contribution in [-0.4, -0.2) is 18.5 Å². The Hall–Kier alpha value is -2.04. The molecule has 0 aliphatic carbocycles.